The number of carbonyl (C=O) groups excluding carboxylic acids is 1. The highest BCUT2D eigenvalue weighted by atomic mass is 35.5. The van der Waals surface area contributed by atoms with E-state index >= 15 is 0 Å². The number of thioether (sulfide) groups is 1. The predicted octanol–water partition coefficient (Wildman–Crippen LogP) is 2.43. The monoisotopic (exact) mass is 289 g/mol. The second kappa shape index (κ2) is 6.93. The van der Waals surface area contributed by atoms with Gasteiger partial charge >= 0.3 is 0 Å². The van der Waals surface area contributed by atoms with Crippen molar-refractivity contribution < 1.29 is 9.53 Å². The van der Waals surface area contributed by atoms with Crippen molar-refractivity contribution in [1.82, 2.24) is 0 Å². The van der Waals surface area contributed by atoms with E-state index in [1.54, 1.807) is 19.9 Å². The Hall–Kier alpha value is -1.05. The van der Waals surface area contributed by atoms with Crippen molar-refractivity contribution in [2.75, 3.05) is 0 Å². The lowest BCUT2D eigenvalue weighted by molar-refractivity contribution is 0.0994. The van der Waals surface area contributed by atoms with Gasteiger partial charge in [0.2, 0.25) is 0 Å². The molecule has 0 fully saturated rings. The van der Waals surface area contributed by atoms with Gasteiger partial charge in [-0.2, -0.15) is 5.26 Å². The lowest BCUT2D eigenvalue weighted by atomic mass is 9.82. The zero-order chi connectivity index (χ0) is 14.6. The molecule has 0 spiro atoms. The van der Waals surface area contributed by atoms with Gasteiger partial charge in [0, 0.05) is 11.5 Å². The molecule has 0 aliphatic rings. The van der Waals surface area contributed by atoms with Crippen LogP contribution in [0.1, 0.15) is 22.8 Å². The Morgan fingerprint density at radius 3 is 2.68 bits per heavy atom. The molecule has 1 unspecified atom stereocenters. The van der Waals surface area contributed by atoms with Gasteiger partial charge in [0.25, 0.3) is 0 Å². The molecule has 1 rings (SSSR count). The Labute approximate surface area is 124 Å². The van der Waals surface area contributed by atoms with Crippen molar-refractivity contribution in [3.05, 3.63) is 28.3 Å². The number of hydrogen-bond donors (Lipinski definition) is 0. The molecule has 94 valence electrons. The van der Waals surface area contributed by atoms with Crippen LogP contribution in [0.15, 0.2) is 12.1 Å². The van der Waals surface area contributed by atoms with E-state index in [0.29, 0.717) is 16.9 Å². The number of aryl methyl sites for hydroxylation is 1. The van der Waals surface area contributed by atoms with Gasteiger partial charge in [-0.15, -0.1) is 0 Å². The molecule has 0 aliphatic heterocycles. The Bertz CT molecular complexity index is 531. The summed E-state index contributed by atoms with van der Waals surface area (Å²) in [5, 5.41) is 10.2. The van der Waals surface area contributed by atoms with Gasteiger partial charge in [-0.25, -0.2) is 0 Å². The number of rotatable bonds is 5. The highest BCUT2D eigenvalue weighted by Crippen LogP contribution is 2.29. The minimum atomic E-state index is -0.954. The van der Waals surface area contributed by atoms with Crippen molar-refractivity contribution in [3.8, 4) is 11.2 Å². The van der Waals surface area contributed by atoms with Crippen LogP contribution >= 0.6 is 23.4 Å². The highest BCUT2D eigenvalue weighted by Gasteiger charge is 2.20. The van der Waals surface area contributed by atoms with Gasteiger partial charge in [-0.3, -0.25) is 4.79 Å². The summed E-state index contributed by atoms with van der Waals surface area (Å²) >= 11 is 6.94. The SMILES string of the molecule is [B]C([B])Oc1cc(Cl)c(C(=O)C(C)SC#N)cc1C. The topological polar surface area (TPSA) is 50.1 Å². The minimum absolute atomic E-state index is 0.205. The number of Topliss-reactive ketones (excluding diaryl/α,β-unsaturated/α-hetero) is 1. The van der Waals surface area contributed by atoms with Gasteiger partial charge in [0.1, 0.15) is 26.8 Å². The van der Waals surface area contributed by atoms with Gasteiger partial charge in [0.05, 0.1) is 10.3 Å². The van der Waals surface area contributed by atoms with Crippen LogP contribution in [0, 0.1) is 17.6 Å². The average Bonchev–Trinajstić information content (AvgIpc) is 2.32. The summed E-state index contributed by atoms with van der Waals surface area (Å²) in [4.78, 5) is 12.1. The van der Waals surface area contributed by atoms with Crippen molar-refractivity contribution in [2.45, 2.75) is 25.0 Å². The molecule has 0 saturated heterocycles. The normalized spacial score (nSPS) is 11.9. The van der Waals surface area contributed by atoms with Crippen molar-refractivity contribution in [2.24, 2.45) is 0 Å². The molecule has 19 heavy (non-hydrogen) atoms. The fourth-order valence-electron chi connectivity index (χ4n) is 1.48. The number of hydrogen-bond acceptors (Lipinski definition) is 4. The molecule has 0 aliphatic carbocycles. The first kappa shape index (κ1) is 16.0. The zero-order valence-electron chi connectivity index (χ0n) is 10.5. The number of thiocyanates is 1. The molecule has 1 aromatic carbocycles. The van der Waals surface area contributed by atoms with E-state index in [0.717, 1.165) is 11.8 Å². The molecule has 0 aromatic heterocycles. The Morgan fingerprint density at radius 1 is 1.53 bits per heavy atom. The quantitative estimate of drug-likeness (QED) is 0.474. The molecule has 7 heteroatoms. The average molecular weight is 289 g/mol. The number of benzene rings is 1. The molecule has 1 aromatic rings. The van der Waals surface area contributed by atoms with Crippen LogP contribution in [-0.2, 0) is 0 Å². The lowest BCUT2D eigenvalue weighted by Gasteiger charge is -2.16. The van der Waals surface area contributed by atoms with Crippen LogP contribution in [0.4, 0.5) is 0 Å². The van der Waals surface area contributed by atoms with E-state index in [4.69, 9.17) is 37.3 Å². The molecular weight excluding hydrogens is 279 g/mol. The second-order valence-electron chi connectivity index (χ2n) is 3.90. The summed E-state index contributed by atoms with van der Waals surface area (Å²) < 4.78 is 5.17. The van der Waals surface area contributed by atoms with Crippen molar-refractivity contribution in [3.63, 3.8) is 0 Å². The van der Waals surface area contributed by atoms with E-state index < -0.39 is 11.2 Å². The van der Waals surface area contributed by atoms with E-state index in [1.807, 2.05) is 5.40 Å². The molecule has 4 radical (unpaired) electrons. The predicted molar refractivity (Wildman–Crippen MR) is 79.1 cm³/mol. The molecule has 1 atom stereocenters. The highest BCUT2D eigenvalue weighted by molar-refractivity contribution is 8.04. The van der Waals surface area contributed by atoms with Crippen molar-refractivity contribution in [1.29, 1.82) is 5.26 Å². The zero-order valence-corrected chi connectivity index (χ0v) is 12.1. The molecule has 0 heterocycles. The standard InChI is InChI=1S/C12H10B2ClNO2S/c1-6-3-8(11(17)7(2)19-5-16)9(15)4-10(6)18-12(13)14/h3-4,7,12H,1-2H3. The first-order valence-electron chi connectivity index (χ1n) is 5.43. The van der Waals surface area contributed by atoms with Gasteiger partial charge < -0.3 is 4.74 Å². The molecule has 0 N–H and O–H groups in total. The molecule has 0 saturated carbocycles. The molecule has 0 amide bonds. The maximum Gasteiger partial charge on any atom is 0.178 e. The Balaban J connectivity index is 3.08. The number of ether oxygens (including phenoxy) is 1. The summed E-state index contributed by atoms with van der Waals surface area (Å²) in [6.07, 6.45) is 0. The smallest absolute Gasteiger partial charge is 0.178 e. The van der Waals surface area contributed by atoms with Crippen LogP contribution in [0.25, 0.3) is 0 Å². The van der Waals surface area contributed by atoms with E-state index in [1.165, 1.54) is 6.07 Å². The number of ketones is 1. The third-order valence-electron chi connectivity index (χ3n) is 2.39. The number of halogens is 1. The minimum Gasteiger partial charge on any atom is -0.510 e. The first-order valence-corrected chi connectivity index (χ1v) is 6.69. The van der Waals surface area contributed by atoms with Crippen LogP contribution in [0.2, 0.25) is 5.02 Å². The summed E-state index contributed by atoms with van der Waals surface area (Å²) in [6.45, 7) is 3.41. The first-order chi connectivity index (χ1) is 8.86. The van der Waals surface area contributed by atoms with Gasteiger partial charge in [-0.05, 0) is 43.3 Å². The summed E-state index contributed by atoms with van der Waals surface area (Å²) in [5.41, 5.74) is 1.05. The maximum absolute atomic E-state index is 12.1. The van der Waals surface area contributed by atoms with Gasteiger partial charge in [0.15, 0.2) is 5.78 Å². The molecular formula is C12H10B2ClNO2S. The molecule has 0 bridgehead atoms. The van der Waals surface area contributed by atoms with E-state index in [9.17, 15) is 4.79 Å². The van der Waals surface area contributed by atoms with E-state index in [-0.39, 0.29) is 10.8 Å². The van der Waals surface area contributed by atoms with Crippen LogP contribution < -0.4 is 4.74 Å². The second-order valence-corrected chi connectivity index (χ2v) is 5.43. The van der Waals surface area contributed by atoms with Crippen LogP contribution in [0.3, 0.4) is 0 Å². The Morgan fingerprint density at radius 2 is 2.16 bits per heavy atom. The van der Waals surface area contributed by atoms with E-state index in [2.05, 4.69) is 0 Å². The number of nitriles is 1. The fourth-order valence-corrected chi connectivity index (χ4v) is 2.12. The van der Waals surface area contributed by atoms with Crippen LogP contribution in [-0.4, -0.2) is 32.6 Å². The lowest BCUT2D eigenvalue weighted by Crippen LogP contribution is -2.17. The van der Waals surface area contributed by atoms with Crippen molar-refractivity contribution >= 4 is 44.8 Å². The third kappa shape index (κ3) is 4.22. The largest absolute Gasteiger partial charge is 0.510 e. The maximum atomic E-state index is 12.1. The third-order valence-corrected chi connectivity index (χ3v) is 3.38. The van der Waals surface area contributed by atoms with Crippen LogP contribution in [0.5, 0.6) is 5.75 Å². The number of carbonyl (C=O) groups is 1. The molecule has 3 nitrogen and oxygen atoms in total. The fraction of sp³-hybridized carbons (Fsp3) is 0.333. The summed E-state index contributed by atoms with van der Waals surface area (Å²) in [7, 11) is 10.7. The summed E-state index contributed by atoms with van der Waals surface area (Å²) in [6, 6.07) is 3.11. The summed E-state index contributed by atoms with van der Waals surface area (Å²) in [5.74, 6) is -0.732. The number of nitrogens with zero attached hydrogens (tertiary/aromatic N) is 1. The van der Waals surface area contributed by atoms with Gasteiger partial charge in [-0.1, -0.05) is 11.6 Å². The Kier molecular flexibility index (Phi) is 5.84.